The quantitative estimate of drug-likeness (QED) is 0.361. The molecule has 32 heavy (non-hydrogen) atoms. The van der Waals surface area contributed by atoms with Crippen LogP contribution in [0.1, 0.15) is 31.8 Å². The Labute approximate surface area is 193 Å². The van der Waals surface area contributed by atoms with Crippen molar-refractivity contribution < 1.29 is 14.0 Å². The van der Waals surface area contributed by atoms with Crippen LogP contribution in [0.15, 0.2) is 79.0 Å². The average Bonchev–Trinajstić information content (AvgIpc) is 3.14. The molecule has 0 aliphatic carbocycles. The molecule has 5 nitrogen and oxygen atoms in total. The molecular weight excluding hydrogens is 452 g/mol. The Bertz CT molecular complexity index is 1300. The van der Waals surface area contributed by atoms with E-state index in [0.29, 0.717) is 16.1 Å². The Morgan fingerprint density at radius 1 is 0.906 bits per heavy atom. The number of hydrogen-bond donors (Lipinski definition) is 1. The van der Waals surface area contributed by atoms with E-state index in [1.807, 2.05) is 0 Å². The second-order valence-corrected chi connectivity index (χ2v) is 7.79. The van der Waals surface area contributed by atoms with Crippen LogP contribution >= 0.6 is 23.2 Å². The second-order valence-electron chi connectivity index (χ2n) is 6.95. The van der Waals surface area contributed by atoms with E-state index in [1.54, 1.807) is 66.7 Å². The first-order chi connectivity index (χ1) is 15.4. The molecule has 0 aliphatic rings. The standard InChI is InChI=1S/C24H16Cl2FN3O2/c25-17-11-9-15(10-12-17)22(31)18-6-2-3-7-19(18)24(32)28-23-20(26)14-30(29-23)13-16-5-1-4-8-21(16)27/h1-12,14H,13H2,(H,28,29,32). The summed E-state index contributed by atoms with van der Waals surface area (Å²) in [6.45, 7) is 0.147. The average molecular weight is 468 g/mol. The molecule has 0 spiro atoms. The molecule has 0 unspecified atom stereocenters. The van der Waals surface area contributed by atoms with Crippen LogP contribution in [0.25, 0.3) is 0 Å². The number of nitrogens with one attached hydrogen (secondary N) is 1. The maximum absolute atomic E-state index is 13.9. The molecule has 3 aromatic carbocycles. The minimum absolute atomic E-state index is 0.113. The number of carbonyl (C=O) groups excluding carboxylic acids is 2. The number of aromatic nitrogens is 2. The normalized spacial score (nSPS) is 10.7. The van der Waals surface area contributed by atoms with E-state index in [0.717, 1.165) is 0 Å². The van der Waals surface area contributed by atoms with Gasteiger partial charge in [0.05, 0.1) is 12.1 Å². The maximum atomic E-state index is 13.9. The highest BCUT2D eigenvalue weighted by Gasteiger charge is 2.20. The first-order valence-electron chi connectivity index (χ1n) is 9.59. The molecule has 0 radical (unpaired) electrons. The van der Waals surface area contributed by atoms with E-state index in [1.165, 1.54) is 16.9 Å². The number of hydrogen-bond acceptors (Lipinski definition) is 3. The Hall–Kier alpha value is -3.48. The van der Waals surface area contributed by atoms with Crippen LogP contribution in [0, 0.1) is 5.82 Å². The highest BCUT2D eigenvalue weighted by molar-refractivity contribution is 6.33. The van der Waals surface area contributed by atoms with Gasteiger partial charge in [-0.15, -0.1) is 0 Å². The molecule has 4 aromatic rings. The highest BCUT2D eigenvalue weighted by atomic mass is 35.5. The van der Waals surface area contributed by atoms with Crippen molar-refractivity contribution in [3.8, 4) is 0 Å². The lowest BCUT2D eigenvalue weighted by molar-refractivity contribution is 0.0996. The zero-order chi connectivity index (χ0) is 22.7. The summed E-state index contributed by atoms with van der Waals surface area (Å²) in [6, 6.07) is 19.2. The van der Waals surface area contributed by atoms with Crippen molar-refractivity contribution >= 4 is 40.7 Å². The molecule has 0 saturated heterocycles. The van der Waals surface area contributed by atoms with E-state index in [4.69, 9.17) is 23.2 Å². The van der Waals surface area contributed by atoms with Gasteiger partial charge in [-0.3, -0.25) is 14.3 Å². The first kappa shape index (κ1) is 21.7. The molecule has 8 heteroatoms. The first-order valence-corrected chi connectivity index (χ1v) is 10.3. The zero-order valence-corrected chi connectivity index (χ0v) is 18.1. The minimum atomic E-state index is -0.541. The van der Waals surface area contributed by atoms with Crippen molar-refractivity contribution in [3.63, 3.8) is 0 Å². The van der Waals surface area contributed by atoms with Crippen LogP contribution < -0.4 is 5.32 Å². The lowest BCUT2D eigenvalue weighted by atomic mass is 9.98. The van der Waals surface area contributed by atoms with Crippen molar-refractivity contribution in [1.82, 2.24) is 9.78 Å². The highest BCUT2D eigenvalue weighted by Crippen LogP contribution is 2.23. The Balaban J connectivity index is 1.56. The number of anilines is 1. The van der Waals surface area contributed by atoms with E-state index in [9.17, 15) is 14.0 Å². The summed E-state index contributed by atoms with van der Waals surface area (Å²) < 4.78 is 15.3. The Kier molecular flexibility index (Phi) is 6.35. The van der Waals surface area contributed by atoms with Crippen molar-refractivity contribution in [3.05, 3.63) is 117 Å². The predicted octanol–water partition coefficient (Wildman–Crippen LogP) is 5.86. The molecule has 0 aliphatic heterocycles. The van der Waals surface area contributed by atoms with E-state index < -0.39 is 5.91 Å². The van der Waals surface area contributed by atoms with Crippen LogP contribution in [0.2, 0.25) is 10.0 Å². The van der Waals surface area contributed by atoms with E-state index in [-0.39, 0.29) is 40.1 Å². The minimum Gasteiger partial charge on any atom is -0.304 e. The second kappa shape index (κ2) is 9.34. The van der Waals surface area contributed by atoms with Gasteiger partial charge in [0, 0.05) is 27.9 Å². The zero-order valence-electron chi connectivity index (χ0n) is 16.6. The fraction of sp³-hybridized carbons (Fsp3) is 0.0417. The number of halogens is 3. The third kappa shape index (κ3) is 4.72. The van der Waals surface area contributed by atoms with Gasteiger partial charge in [-0.1, -0.05) is 59.6 Å². The summed E-state index contributed by atoms with van der Waals surface area (Å²) in [4.78, 5) is 25.9. The molecule has 0 fully saturated rings. The number of ketones is 1. The smallest absolute Gasteiger partial charge is 0.257 e. The molecule has 1 aromatic heterocycles. The number of nitrogens with zero attached hydrogens (tertiary/aromatic N) is 2. The summed E-state index contributed by atoms with van der Waals surface area (Å²) in [5, 5.41) is 7.57. The third-order valence-electron chi connectivity index (χ3n) is 4.76. The van der Waals surface area contributed by atoms with Crippen LogP contribution in [-0.2, 0) is 6.54 Å². The van der Waals surface area contributed by atoms with Gasteiger partial charge in [0.1, 0.15) is 10.8 Å². The molecule has 0 saturated carbocycles. The number of amides is 1. The topological polar surface area (TPSA) is 64.0 Å². The molecule has 160 valence electrons. The van der Waals surface area contributed by atoms with Crippen LogP contribution in [0.5, 0.6) is 0 Å². The van der Waals surface area contributed by atoms with Gasteiger partial charge in [0.2, 0.25) is 0 Å². The lowest BCUT2D eigenvalue weighted by Gasteiger charge is -2.09. The van der Waals surface area contributed by atoms with Crippen LogP contribution in [0.4, 0.5) is 10.2 Å². The van der Waals surface area contributed by atoms with Gasteiger partial charge < -0.3 is 5.32 Å². The Morgan fingerprint density at radius 2 is 1.56 bits per heavy atom. The summed E-state index contributed by atoms with van der Waals surface area (Å²) >= 11 is 12.1. The van der Waals surface area contributed by atoms with Gasteiger partial charge in [-0.05, 0) is 36.4 Å². The monoisotopic (exact) mass is 467 g/mol. The molecule has 1 heterocycles. The maximum Gasteiger partial charge on any atom is 0.257 e. The largest absolute Gasteiger partial charge is 0.304 e. The van der Waals surface area contributed by atoms with Crippen molar-refractivity contribution in [1.29, 1.82) is 0 Å². The van der Waals surface area contributed by atoms with Crippen molar-refractivity contribution in [2.75, 3.05) is 5.32 Å². The van der Waals surface area contributed by atoms with Gasteiger partial charge in [0.15, 0.2) is 11.6 Å². The third-order valence-corrected chi connectivity index (χ3v) is 5.29. The summed E-state index contributed by atoms with van der Waals surface area (Å²) in [6.07, 6.45) is 1.49. The van der Waals surface area contributed by atoms with Crippen molar-refractivity contribution in [2.45, 2.75) is 6.54 Å². The summed E-state index contributed by atoms with van der Waals surface area (Å²) in [5.74, 6) is -1.11. The molecule has 1 N–H and O–H groups in total. The Morgan fingerprint density at radius 3 is 2.28 bits per heavy atom. The molecule has 0 bridgehead atoms. The van der Waals surface area contributed by atoms with E-state index >= 15 is 0 Å². The number of benzene rings is 3. The summed E-state index contributed by atoms with van der Waals surface area (Å²) in [5.41, 5.74) is 1.24. The fourth-order valence-corrected chi connectivity index (χ4v) is 3.50. The van der Waals surface area contributed by atoms with Gasteiger partial charge in [-0.2, -0.15) is 5.10 Å². The van der Waals surface area contributed by atoms with Crippen LogP contribution in [-0.4, -0.2) is 21.5 Å². The molecule has 0 atom stereocenters. The van der Waals surface area contributed by atoms with Gasteiger partial charge in [0.25, 0.3) is 5.91 Å². The number of carbonyl (C=O) groups is 2. The molecule has 1 amide bonds. The predicted molar refractivity (Wildman–Crippen MR) is 122 cm³/mol. The van der Waals surface area contributed by atoms with Crippen molar-refractivity contribution in [2.24, 2.45) is 0 Å². The SMILES string of the molecule is O=C(Nc1nn(Cc2ccccc2F)cc1Cl)c1ccccc1C(=O)c1ccc(Cl)cc1. The van der Waals surface area contributed by atoms with Gasteiger partial charge >= 0.3 is 0 Å². The number of rotatable bonds is 6. The van der Waals surface area contributed by atoms with Gasteiger partial charge in [-0.25, -0.2) is 4.39 Å². The lowest BCUT2D eigenvalue weighted by Crippen LogP contribution is -2.17. The van der Waals surface area contributed by atoms with Crippen LogP contribution in [0.3, 0.4) is 0 Å². The fourth-order valence-electron chi connectivity index (χ4n) is 3.17. The van der Waals surface area contributed by atoms with E-state index in [2.05, 4.69) is 10.4 Å². The summed E-state index contributed by atoms with van der Waals surface area (Å²) in [7, 11) is 0. The molecular formula is C24H16Cl2FN3O2. The molecule has 4 rings (SSSR count).